The Hall–Kier alpha value is -3.81. The van der Waals surface area contributed by atoms with Crippen LogP contribution in [0.25, 0.3) is 43.5 Å². The molecule has 7 heteroatoms. The first-order valence-electron chi connectivity index (χ1n) is 10.9. The maximum absolute atomic E-state index is 13.8. The van der Waals surface area contributed by atoms with Gasteiger partial charge in [0.1, 0.15) is 5.82 Å². The van der Waals surface area contributed by atoms with Gasteiger partial charge in [0.05, 0.1) is 45.7 Å². The molecule has 1 aliphatic heterocycles. The average molecular weight is 471 g/mol. The normalized spacial score (nSPS) is 14.0. The lowest BCUT2D eigenvalue weighted by Crippen LogP contribution is -2.08. The molecular weight excluding hydrogens is 451 g/mol. The molecule has 0 atom stereocenters. The van der Waals surface area contributed by atoms with E-state index in [4.69, 9.17) is 4.74 Å². The number of hydrogen-bond donors (Lipinski definition) is 1. The lowest BCUT2D eigenvalue weighted by atomic mass is 9.95. The third-order valence-corrected chi connectivity index (χ3v) is 6.98. The van der Waals surface area contributed by atoms with Gasteiger partial charge in [-0.3, -0.25) is 0 Å². The summed E-state index contributed by atoms with van der Waals surface area (Å²) < 4.78 is 22.6. The highest BCUT2D eigenvalue weighted by atomic mass is 32.1. The number of halogens is 1. The second-order valence-corrected chi connectivity index (χ2v) is 9.05. The number of carboxylic acid groups (broad SMARTS) is 1. The largest absolute Gasteiger partial charge is 0.478 e. The number of aromatic nitrogens is 2. The molecule has 0 fully saturated rings. The highest BCUT2D eigenvalue weighted by molar-refractivity contribution is 7.16. The van der Waals surface area contributed by atoms with E-state index in [9.17, 15) is 14.3 Å². The smallest absolute Gasteiger partial charge is 0.335 e. The van der Waals surface area contributed by atoms with Crippen molar-refractivity contribution >= 4 is 44.0 Å². The fraction of sp³-hybridized carbons (Fsp3) is 0.111. The number of carboxylic acids is 1. The number of nitrogens with zero attached hydrogens (tertiary/aromatic N) is 2. The zero-order valence-corrected chi connectivity index (χ0v) is 18.8. The van der Waals surface area contributed by atoms with Crippen molar-refractivity contribution in [3.63, 3.8) is 0 Å². The molecule has 0 aliphatic carbocycles. The van der Waals surface area contributed by atoms with Crippen molar-refractivity contribution in [2.24, 2.45) is 0 Å². The molecule has 0 saturated heterocycles. The minimum atomic E-state index is -0.959. The van der Waals surface area contributed by atoms with Gasteiger partial charge in [-0.25, -0.2) is 14.2 Å². The Kier molecular flexibility index (Phi) is 5.01. The van der Waals surface area contributed by atoms with E-state index in [1.54, 1.807) is 35.6 Å². The number of aromatic carboxylic acids is 1. The number of benzene rings is 3. The molecule has 0 radical (unpaired) electrons. The van der Waals surface area contributed by atoms with Crippen LogP contribution in [0.1, 0.15) is 22.5 Å². The van der Waals surface area contributed by atoms with Crippen molar-refractivity contribution in [1.29, 1.82) is 0 Å². The van der Waals surface area contributed by atoms with Gasteiger partial charge in [0.2, 0.25) is 0 Å². The van der Waals surface area contributed by atoms with Crippen molar-refractivity contribution in [1.82, 2.24) is 9.55 Å². The Morgan fingerprint density at radius 2 is 1.88 bits per heavy atom. The zero-order valence-electron chi connectivity index (χ0n) is 18.0. The van der Waals surface area contributed by atoms with Gasteiger partial charge in [0.15, 0.2) is 0 Å². The van der Waals surface area contributed by atoms with E-state index in [0.29, 0.717) is 13.2 Å². The Morgan fingerprint density at radius 1 is 1.09 bits per heavy atom. The molecule has 0 amide bonds. The molecule has 0 bridgehead atoms. The molecule has 3 aromatic carbocycles. The number of thiazole rings is 1. The third kappa shape index (κ3) is 3.41. The minimum Gasteiger partial charge on any atom is -0.478 e. The summed E-state index contributed by atoms with van der Waals surface area (Å²) in [5.41, 5.74) is 8.85. The van der Waals surface area contributed by atoms with E-state index in [2.05, 4.69) is 27.8 Å². The third-order valence-electron chi connectivity index (χ3n) is 6.19. The van der Waals surface area contributed by atoms with Gasteiger partial charge in [-0.15, -0.1) is 11.3 Å². The molecule has 0 unspecified atom stereocenters. The Bertz CT molecular complexity index is 1580. The molecule has 3 heterocycles. The van der Waals surface area contributed by atoms with Gasteiger partial charge in [-0.05, 0) is 66.1 Å². The van der Waals surface area contributed by atoms with Crippen LogP contribution in [-0.2, 0) is 4.74 Å². The monoisotopic (exact) mass is 470 g/mol. The molecule has 0 spiro atoms. The van der Waals surface area contributed by atoms with Crippen LogP contribution in [0.3, 0.4) is 0 Å². The summed E-state index contributed by atoms with van der Waals surface area (Å²) in [6, 6.07) is 17.7. The van der Waals surface area contributed by atoms with Crippen molar-refractivity contribution in [3.05, 3.63) is 89.3 Å². The fourth-order valence-electron chi connectivity index (χ4n) is 4.61. The SMILES string of the molecule is O=C(O)c1ccc(-c2c(C3=CCOCC3)n(-c3ccc(F)cc3)c3cc4ncsc4cc23)cc1. The molecule has 2 aromatic heterocycles. The maximum Gasteiger partial charge on any atom is 0.335 e. The van der Waals surface area contributed by atoms with Gasteiger partial charge in [0.25, 0.3) is 0 Å². The topological polar surface area (TPSA) is 64.3 Å². The summed E-state index contributed by atoms with van der Waals surface area (Å²) in [5, 5.41) is 10.4. The van der Waals surface area contributed by atoms with Crippen LogP contribution in [0.2, 0.25) is 0 Å². The molecule has 34 heavy (non-hydrogen) atoms. The second kappa shape index (κ2) is 8.20. The van der Waals surface area contributed by atoms with Gasteiger partial charge >= 0.3 is 5.97 Å². The van der Waals surface area contributed by atoms with Crippen LogP contribution in [-0.4, -0.2) is 33.8 Å². The summed E-state index contributed by atoms with van der Waals surface area (Å²) in [6.45, 7) is 1.14. The minimum absolute atomic E-state index is 0.239. The van der Waals surface area contributed by atoms with Crippen molar-refractivity contribution in [3.8, 4) is 16.8 Å². The van der Waals surface area contributed by atoms with Crippen LogP contribution in [0.15, 0.2) is 72.3 Å². The van der Waals surface area contributed by atoms with E-state index >= 15 is 0 Å². The summed E-state index contributed by atoms with van der Waals surface area (Å²) in [4.78, 5) is 16.0. The first kappa shape index (κ1) is 20.8. The fourth-order valence-corrected chi connectivity index (χ4v) is 5.31. The number of rotatable bonds is 4. The molecular formula is C27H19FN2O3S. The van der Waals surface area contributed by atoms with E-state index in [-0.39, 0.29) is 11.4 Å². The predicted molar refractivity (Wildman–Crippen MR) is 132 cm³/mol. The predicted octanol–water partition coefficient (Wildman–Crippen LogP) is 6.55. The first-order chi connectivity index (χ1) is 16.6. The summed E-state index contributed by atoms with van der Waals surface area (Å²) in [7, 11) is 0. The Labute approximate surface area is 198 Å². The van der Waals surface area contributed by atoms with Crippen molar-refractivity contribution in [2.45, 2.75) is 6.42 Å². The van der Waals surface area contributed by atoms with Gasteiger partial charge in [0, 0.05) is 16.6 Å². The molecule has 1 N–H and O–H groups in total. The molecule has 6 rings (SSSR count). The Morgan fingerprint density at radius 3 is 2.59 bits per heavy atom. The summed E-state index contributed by atoms with van der Waals surface area (Å²) in [6.07, 6.45) is 2.83. The molecule has 5 aromatic rings. The molecule has 1 aliphatic rings. The van der Waals surface area contributed by atoms with Gasteiger partial charge in [-0.1, -0.05) is 18.2 Å². The van der Waals surface area contributed by atoms with E-state index in [0.717, 1.165) is 55.6 Å². The van der Waals surface area contributed by atoms with Crippen LogP contribution in [0.4, 0.5) is 4.39 Å². The van der Waals surface area contributed by atoms with E-state index in [1.807, 2.05) is 17.6 Å². The maximum atomic E-state index is 13.8. The van der Waals surface area contributed by atoms with Gasteiger partial charge in [-0.2, -0.15) is 0 Å². The van der Waals surface area contributed by atoms with Gasteiger partial charge < -0.3 is 14.4 Å². The quantitative estimate of drug-likeness (QED) is 0.324. The molecule has 168 valence electrons. The lowest BCUT2D eigenvalue weighted by molar-refractivity contribution is 0.0697. The number of fused-ring (bicyclic) bond motifs is 2. The number of carbonyl (C=O) groups is 1. The highest BCUT2D eigenvalue weighted by Gasteiger charge is 2.24. The highest BCUT2D eigenvalue weighted by Crippen LogP contribution is 2.43. The number of ether oxygens (including phenoxy) is 1. The van der Waals surface area contributed by atoms with Crippen LogP contribution < -0.4 is 0 Å². The summed E-state index contributed by atoms with van der Waals surface area (Å²) in [5.74, 6) is -1.25. The van der Waals surface area contributed by atoms with Crippen molar-refractivity contribution < 1.29 is 19.0 Å². The summed E-state index contributed by atoms with van der Waals surface area (Å²) >= 11 is 1.58. The van der Waals surface area contributed by atoms with E-state index in [1.165, 1.54) is 12.1 Å². The Balaban J connectivity index is 1.74. The average Bonchev–Trinajstić information content (AvgIpc) is 3.45. The number of hydrogen-bond acceptors (Lipinski definition) is 4. The zero-order chi connectivity index (χ0) is 23.2. The van der Waals surface area contributed by atoms with Crippen molar-refractivity contribution in [2.75, 3.05) is 13.2 Å². The molecule has 0 saturated carbocycles. The van der Waals surface area contributed by atoms with Crippen LogP contribution >= 0.6 is 11.3 Å². The lowest BCUT2D eigenvalue weighted by Gasteiger charge is -2.19. The standard InChI is InChI=1S/C27H19FN2O3S/c28-19-5-7-20(8-6-19)30-23-14-22-24(34-15-29-22)13-21(23)25(26(30)17-9-11-33-12-10-17)16-1-3-18(4-2-16)27(31)32/h1-9,13-15H,10-12H2,(H,31,32). The first-order valence-corrected chi connectivity index (χ1v) is 11.8. The van der Waals surface area contributed by atoms with Crippen LogP contribution in [0, 0.1) is 5.82 Å². The second-order valence-electron chi connectivity index (χ2n) is 8.16. The van der Waals surface area contributed by atoms with E-state index < -0.39 is 5.97 Å². The molecule has 5 nitrogen and oxygen atoms in total. The van der Waals surface area contributed by atoms with Crippen LogP contribution in [0.5, 0.6) is 0 Å².